The van der Waals surface area contributed by atoms with Crippen molar-refractivity contribution in [3.8, 4) is 0 Å². The van der Waals surface area contributed by atoms with Gasteiger partial charge in [-0.2, -0.15) is 0 Å². The molecule has 0 aromatic heterocycles. The Bertz CT molecular complexity index is 793. The standard InChI is InChI=1S/C15H9F4NO3/c1-23-15(22)9-5-13(12(19)6-11(9)18)20-14(21)8-4-7(16)2-3-10(8)17/h2-6H,1H3,(H,20,21). The molecule has 0 spiro atoms. The summed E-state index contributed by atoms with van der Waals surface area (Å²) in [5, 5.41) is 1.95. The van der Waals surface area contributed by atoms with Crippen molar-refractivity contribution < 1.29 is 31.9 Å². The van der Waals surface area contributed by atoms with Gasteiger partial charge in [-0.25, -0.2) is 22.4 Å². The van der Waals surface area contributed by atoms with E-state index in [4.69, 9.17) is 0 Å². The second-order valence-corrected chi connectivity index (χ2v) is 4.38. The number of ether oxygens (including phenoxy) is 1. The van der Waals surface area contributed by atoms with Crippen LogP contribution in [0.2, 0.25) is 0 Å². The molecular weight excluding hydrogens is 318 g/mol. The minimum Gasteiger partial charge on any atom is -0.465 e. The molecule has 0 atom stereocenters. The van der Waals surface area contributed by atoms with Gasteiger partial charge in [0.25, 0.3) is 5.91 Å². The van der Waals surface area contributed by atoms with Crippen LogP contribution in [0.1, 0.15) is 20.7 Å². The molecule has 0 aliphatic rings. The highest BCUT2D eigenvalue weighted by Gasteiger charge is 2.19. The molecule has 8 heteroatoms. The highest BCUT2D eigenvalue weighted by molar-refractivity contribution is 6.05. The molecule has 0 bridgehead atoms. The van der Waals surface area contributed by atoms with E-state index in [9.17, 15) is 27.2 Å². The van der Waals surface area contributed by atoms with Crippen LogP contribution in [-0.4, -0.2) is 19.0 Å². The number of carbonyl (C=O) groups is 2. The molecule has 0 heterocycles. The van der Waals surface area contributed by atoms with Crippen LogP contribution in [0.4, 0.5) is 23.2 Å². The number of anilines is 1. The number of nitrogens with one attached hydrogen (secondary N) is 1. The normalized spacial score (nSPS) is 10.3. The summed E-state index contributed by atoms with van der Waals surface area (Å²) in [5.74, 6) is -6.53. The summed E-state index contributed by atoms with van der Waals surface area (Å²) in [4.78, 5) is 23.2. The largest absolute Gasteiger partial charge is 0.465 e. The van der Waals surface area contributed by atoms with Crippen molar-refractivity contribution in [3.63, 3.8) is 0 Å². The average Bonchev–Trinajstić information content (AvgIpc) is 2.51. The number of methoxy groups -OCH3 is 1. The first-order chi connectivity index (χ1) is 10.8. The van der Waals surface area contributed by atoms with E-state index in [0.717, 1.165) is 19.2 Å². The van der Waals surface area contributed by atoms with Gasteiger partial charge < -0.3 is 10.1 Å². The van der Waals surface area contributed by atoms with Crippen molar-refractivity contribution in [2.24, 2.45) is 0 Å². The number of hydrogen-bond donors (Lipinski definition) is 1. The fourth-order valence-corrected chi connectivity index (χ4v) is 1.77. The first-order valence-corrected chi connectivity index (χ1v) is 6.17. The molecule has 1 N–H and O–H groups in total. The maximum atomic E-state index is 13.7. The number of amides is 1. The number of rotatable bonds is 3. The van der Waals surface area contributed by atoms with Crippen molar-refractivity contribution in [3.05, 3.63) is 64.7 Å². The van der Waals surface area contributed by atoms with E-state index in [2.05, 4.69) is 4.74 Å². The van der Waals surface area contributed by atoms with Crippen LogP contribution in [0.25, 0.3) is 0 Å². The second kappa shape index (κ2) is 6.47. The molecular formula is C15H9F4NO3. The van der Waals surface area contributed by atoms with Crippen molar-refractivity contribution in [1.29, 1.82) is 0 Å². The summed E-state index contributed by atoms with van der Waals surface area (Å²) in [6.45, 7) is 0. The molecule has 2 rings (SSSR count). The molecule has 2 aromatic rings. The van der Waals surface area contributed by atoms with Gasteiger partial charge in [-0.15, -0.1) is 0 Å². The highest BCUT2D eigenvalue weighted by Crippen LogP contribution is 2.21. The number of hydrogen-bond acceptors (Lipinski definition) is 3. The molecule has 4 nitrogen and oxygen atoms in total. The quantitative estimate of drug-likeness (QED) is 0.695. The molecule has 23 heavy (non-hydrogen) atoms. The highest BCUT2D eigenvalue weighted by atomic mass is 19.1. The molecule has 0 fully saturated rings. The topological polar surface area (TPSA) is 55.4 Å². The molecule has 0 radical (unpaired) electrons. The third-order valence-electron chi connectivity index (χ3n) is 2.88. The molecule has 0 aliphatic carbocycles. The summed E-state index contributed by atoms with van der Waals surface area (Å²) in [6.07, 6.45) is 0. The summed E-state index contributed by atoms with van der Waals surface area (Å²) < 4.78 is 58.0. The molecule has 0 saturated heterocycles. The Morgan fingerprint density at radius 2 is 1.61 bits per heavy atom. The predicted octanol–water partition coefficient (Wildman–Crippen LogP) is 3.28. The average molecular weight is 327 g/mol. The Morgan fingerprint density at radius 3 is 2.26 bits per heavy atom. The van der Waals surface area contributed by atoms with Crippen molar-refractivity contribution in [2.45, 2.75) is 0 Å². The molecule has 1 amide bonds. The maximum absolute atomic E-state index is 13.7. The zero-order valence-electron chi connectivity index (χ0n) is 11.6. The van der Waals surface area contributed by atoms with Gasteiger partial charge in [0.15, 0.2) is 0 Å². The lowest BCUT2D eigenvalue weighted by molar-refractivity contribution is 0.0595. The van der Waals surface area contributed by atoms with Gasteiger partial charge in [0.2, 0.25) is 0 Å². The third-order valence-corrected chi connectivity index (χ3v) is 2.88. The molecule has 0 saturated carbocycles. The Balaban J connectivity index is 2.38. The van der Waals surface area contributed by atoms with E-state index in [1.807, 2.05) is 5.32 Å². The molecule has 0 aliphatic heterocycles. The smallest absolute Gasteiger partial charge is 0.340 e. The van der Waals surface area contributed by atoms with Crippen molar-refractivity contribution >= 4 is 17.6 Å². The predicted molar refractivity (Wildman–Crippen MR) is 72.0 cm³/mol. The van der Waals surface area contributed by atoms with Gasteiger partial charge in [0, 0.05) is 6.07 Å². The summed E-state index contributed by atoms with van der Waals surface area (Å²) in [5.41, 5.74) is -1.88. The third kappa shape index (κ3) is 3.47. The fraction of sp³-hybridized carbons (Fsp3) is 0.0667. The Morgan fingerprint density at radius 1 is 0.913 bits per heavy atom. The van der Waals surface area contributed by atoms with Crippen LogP contribution < -0.4 is 5.32 Å². The van der Waals surface area contributed by atoms with E-state index >= 15 is 0 Å². The Kier molecular flexibility index (Phi) is 4.63. The van der Waals surface area contributed by atoms with Crippen LogP contribution in [0, 0.1) is 23.3 Å². The molecule has 2 aromatic carbocycles. The van der Waals surface area contributed by atoms with Gasteiger partial charge in [0.1, 0.15) is 23.3 Å². The first-order valence-electron chi connectivity index (χ1n) is 6.17. The zero-order valence-corrected chi connectivity index (χ0v) is 11.6. The van der Waals surface area contributed by atoms with Crippen molar-refractivity contribution in [2.75, 3.05) is 12.4 Å². The van der Waals surface area contributed by atoms with E-state index < -0.39 is 52.0 Å². The van der Waals surface area contributed by atoms with Crippen LogP contribution >= 0.6 is 0 Å². The van der Waals surface area contributed by atoms with Crippen LogP contribution in [0.15, 0.2) is 30.3 Å². The monoisotopic (exact) mass is 327 g/mol. The lowest BCUT2D eigenvalue weighted by Gasteiger charge is -2.09. The Hall–Kier alpha value is -2.90. The van der Waals surface area contributed by atoms with Crippen LogP contribution in [0.5, 0.6) is 0 Å². The van der Waals surface area contributed by atoms with E-state index in [0.29, 0.717) is 18.2 Å². The van der Waals surface area contributed by atoms with E-state index in [1.54, 1.807) is 0 Å². The summed E-state index contributed by atoms with van der Waals surface area (Å²) in [7, 11) is 0.992. The van der Waals surface area contributed by atoms with E-state index in [1.165, 1.54) is 0 Å². The minimum absolute atomic E-state index is 0.365. The van der Waals surface area contributed by atoms with Gasteiger partial charge >= 0.3 is 5.97 Å². The van der Waals surface area contributed by atoms with Gasteiger partial charge in [0.05, 0.1) is 23.9 Å². The van der Waals surface area contributed by atoms with Crippen LogP contribution in [-0.2, 0) is 4.74 Å². The first kappa shape index (κ1) is 16.5. The fourth-order valence-electron chi connectivity index (χ4n) is 1.77. The molecule has 0 unspecified atom stereocenters. The van der Waals surface area contributed by atoms with Gasteiger partial charge in [-0.05, 0) is 24.3 Å². The zero-order chi connectivity index (χ0) is 17.1. The molecule has 120 valence electrons. The van der Waals surface area contributed by atoms with E-state index in [-0.39, 0.29) is 0 Å². The number of halogens is 4. The summed E-state index contributed by atoms with van der Waals surface area (Å²) >= 11 is 0. The second-order valence-electron chi connectivity index (χ2n) is 4.38. The summed E-state index contributed by atoms with van der Waals surface area (Å²) in [6, 6.07) is 3.22. The van der Waals surface area contributed by atoms with Crippen LogP contribution in [0.3, 0.4) is 0 Å². The lowest BCUT2D eigenvalue weighted by atomic mass is 10.1. The lowest BCUT2D eigenvalue weighted by Crippen LogP contribution is -2.16. The van der Waals surface area contributed by atoms with Crippen molar-refractivity contribution in [1.82, 2.24) is 0 Å². The van der Waals surface area contributed by atoms with Gasteiger partial charge in [-0.3, -0.25) is 4.79 Å². The number of benzene rings is 2. The SMILES string of the molecule is COC(=O)c1cc(NC(=O)c2cc(F)ccc2F)c(F)cc1F. The number of carbonyl (C=O) groups excluding carboxylic acids is 2. The Labute approximate surface area is 127 Å². The minimum atomic E-state index is -1.19. The maximum Gasteiger partial charge on any atom is 0.340 e. The van der Waals surface area contributed by atoms with Gasteiger partial charge in [-0.1, -0.05) is 0 Å². The number of esters is 1.